The number of esters is 1. The Balaban J connectivity index is 1.73. The first-order valence-electron chi connectivity index (χ1n) is 6.46. The van der Waals surface area contributed by atoms with E-state index in [1.54, 1.807) is 18.3 Å². The number of thiophene rings is 1. The molecule has 0 N–H and O–H groups in total. The summed E-state index contributed by atoms with van der Waals surface area (Å²) in [6.45, 7) is -0.00915. The molecule has 0 fully saturated rings. The largest absolute Gasteiger partial charge is 0.459 e. The Bertz CT molecular complexity index is 874. The second-order valence-electron chi connectivity index (χ2n) is 4.63. The number of carbonyl (C=O) groups excluding carboxylic acids is 1. The van der Waals surface area contributed by atoms with Crippen molar-refractivity contribution in [2.75, 3.05) is 0 Å². The summed E-state index contributed by atoms with van der Waals surface area (Å²) in [4.78, 5) is 28.1. The minimum atomic E-state index is -0.337. The van der Waals surface area contributed by atoms with E-state index in [0.29, 0.717) is 11.3 Å². The Morgan fingerprint density at radius 3 is 3.00 bits per heavy atom. The molecule has 3 aromatic rings. The molecule has 0 saturated heterocycles. The Morgan fingerprint density at radius 2 is 2.23 bits per heavy atom. The van der Waals surface area contributed by atoms with Crippen LogP contribution in [0.3, 0.4) is 0 Å². The fourth-order valence-electron chi connectivity index (χ4n) is 1.97. The molecule has 7 heteroatoms. The van der Waals surface area contributed by atoms with E-state index in [1.807, 2.05) is 16.8 Å². The van der Waals surface area contributed by atoms with Gasteiger partial charge in [0.05, 0.1) is 12.1 Å². The van der Waals surface area contributed by atoms with Gasteiger partial charge in [0.15, 0.2) is 0 Å². The van der Waals surface area contributed by atoms with Crippen molar-refractivity contribution in [1.29, 1.82) is 0 Å². The van der Waals surface area contributed by atoms with Crippen molar-refractivity contribution in [3.05, 3.63) is 67.3 Å². The van der Waals surface area contributed by atoms with Crippen LogP contribution in [-0.4, -0.2) is 15.4 Å². The molecule has 3 heterocycles. The highest BCUT2D eigenvalue weighted by atomic mass is 79.9. The molecule has 0 aliphatic rings. The zero-order valence-corrected chi connectivity index (χ0v) is 13.8. The summed E-state index contributed by atoms with van der Waals surface area (Å²) in [6.07, 6.45) is 1.88. The van der Waals surface area contributed by atoms with Crippen LogP contribution in [0, 0.1) is 0 Å². The third-order valence-corrected chi connectivity index (χ3v) is 4.19. The number of hydrogen-bond donors (Lipinski definition) is 0. The summed E-state index contributed by atoms with van der Waals surface area (Å²) < 4.78 is 7.40. The number of rotatable bonds is 4. The number of aromatic nitrogens is 2. The first-order valence-corrected chi connectivity index (χ1v) is 8.20. The molecule has 0 aliphatic carbocycles. The molecule has 3 rings (SSSR count). The lowest BCUT2D eigenvalue weighted by atomic mass is 10.2. The molecule has 0 radical (unpaired) electrons. The average Bonchev–Trinajstić information content (AvgIpc) is 2.99. The minimum absolute atomic E-state index is 0.00915. The van der Waals surface area contributed by atoms with Crippen LogP contribution in [0.2, 0.25) is 0 Å². The lowest BCUT2D eigenvalue weighted by Crippen LogP contribution is -2.17. The molecule has 0 spiro atoms. The Labute approximate surface area is 138 Å². The summed E-state index contributed by atoms with van der Waals surface area (Å²) in [5.41, 5.74) is 1.66. The molecule has 0 bridgehead atoms. The molecule has 0 atom stereocenters. The molecule has 112 valence electrons. The van der Waals surface area contributed by atoms with E-state index in [2.05, 4.69) is 20.9 Å². The van der Waals surface area contributed by atoms with Crippen LogP contribution in [0.5, 0.6) is 0 Å². The summed E-state index contributed by atoms with van der Waals surface area (Å²) in [7, 11) is 0. The van der Waals surface area contributed by atoms with Crippen LogP contribution >= 0.6 is 27.3 Å². The second kappa shape index (κ2) is 6.41. The van der Waals surface area contributed by atoms with Crippen molar-refractivity contribution >= 4 is 38.9 Å². The molecule has 3 aromatic heterocycles. The Morgan fingerprint density at radius 1 is 1.36 bits per heavy atom. The topological polar surface area (TPSA) is 60.7 Å². The predicted octanol–water partition coefficient (Wildman–Crippen LogP) is 2.80. The minimum Gasteiger partial charge on any atom is -0.459 e. The van der Waals surface area contributed by atoms with E-state index >= 15 is 0 Å². The van der Waals surface area contributed by atoms with Crippen molar-refractivity contribution in [1.82, 2.24) is 9.38 Å². The lowest BCUT2D eigenvalue weighted by Gasteiger charge is -2.06. The number of pyridine rings is 1. The van der Waals surface area contributed by atoms with Gasteiger partial charge >= 0.3 is 5.97 Å². The molecule has 0 saturated carbocycles. The van der Waals surface area contributed by atoms with Gasteiger partial charge in [-0.1, -0.05) is 0 Å². The molecule has 0 unspecified atom stereocenters. The van der Waals surface area contributed by atoms with Crippen molar-refractivity contribution in [2.24, 2.45) is 0 Å². The van der Waals surface area contributed by atoms with Gasteiger partial charge in [0.25, 0.3) is 5.56 Å². The van der Waals surface area contributed by atoms with Crippen molar-refractivity contribution in [3.8, 4) is 0 Å². The van der Waals surface area contributed by atoms with Gasteiger partial charge in [-0.25, -0.2) is 4.98 Å². The van der Waals surface area contributed by atoms with Gasteiger partial charge in [-0.3, -0.25) is 14.0 Å². The third-order valence-electron chi connectivity index (χ3n) is 2.99. The number of fused-ring (bicyclic) bond motifs is 1. The normalized spacial score (nSPS) is 10.8. The number of halogens is 1. The van der Waals surface area contributed by atoms with Gasteiger partial charge in [0.2, 0.25) is 0 Å². The van der Waals surface area contributed by atoms with Crippen molar-refractivity contribution in [3.63, 3.8) is 0 Å². The fraction of sp³-hybridized carbons (Fsp3) is 0.133. The molecule has 22 heavy (non-hydrogen) atoms. The number of carbonyl (C=O) groups is 1. The average molecular weight is 379 g/mol. The quantitative estimate of drug-likeness (QED) is 0.654. The van der Waals surface area contributed by atoms with E-state index in [1.165, 1.54) is 21.8 Å². The maximum atomic E-state index is 12.0. The summed E-state index contributed by atoms with van der Waals surface area (Å²) >= 11 is 4.84. The zero-order chi connectivity index (χ0) is 15.5. The fourth-order valence-corrected chi connectivity index (χ4v) is 2.97. The number of nitrogens with zero attached hydrogens (tertiary/aromatic N) is 2. The molecule has 5 nitrogen and oxygen atoms in total. The highest BCUT2D eigenvalue weighted by Gasteiger charge is 2.08. The molecular weight excluding hydrogens is 368 g/mol. The van der Waals surface area contributed by atoms with Crippen molar-refractivity contribution < 1.29 is 9.53 Å². The smallest absolute Gasteiger partial charge is 0.310 e. The van der Waals surface area contributed by atoms with Crippen LogP contribution in [0.15, 0.2) is 50.5 Å². The maximum absolute atomic E-state index is 12.0. The van der Waals surface area contributed by atoms with Gasteiger partial charge < -0.3 is 4.74 Å². The molecule has 0 aliphatic heterocycles. The van der Waals surface area contributed by atoms with Crippen LogP contribution in [-0.2, 0) is 22.6 Å². The molecule has 0 amide bonds. The molecule has 0 aromatic carbocycles. The van der Waals surface area contributed by atoms with Gasteiger partial charge in [-0.05, 0) is 50.5 Å². The maximum Gasteiger partial charge on any atom is 0.310 e. The van der Waals surface area contributed by atoms with Gasteiger partial charge in [0.1, 0.15) is 12.3 Å². The van der Waals surface area contributed by atoms with Crippen LogP contribution in [0.4, 0.5) is 0 Å². The summed E-state index contributed by atoms with van der Waals surface area (Å²) in [6, 6.07) is 6.78. The predicted molar refractivity (Wildman–Crippen MR) is 87.0 cm³/mol. The first kappa shape index (κ1) is 14.9. The van der Waals surface area contributed by atoms with E-state index in [-0.39, 0.29) is 24.6 Å². The van der Waals surface area contributed by atoms with Gasteiger partial charge in [0, 0.05) is 16.7 Å². The van der Waals surface area contributed by atoms with E-state index < -0.39 is 0 Å². The molecular formula is C15H11BrN2O3S. The van der Waals surface area contributed by atoms with Crippen LogP contribution < -0.4 is 5.56 Å². The highest BCUT2D eigenvalue weighted by molar-refractivity contribution is 9.10. The monoisotopic (exact) mass is 378 g/mol. The Hall–Kier alpha value is -1.99. The summed E-state index contributed by atoms with van der Waals surface area (Å²) in [5, 5.41) is 3.81. The standard InChI is InChI=1S/C15H11BrN2O3S/c16-11-1-2-13-17-12(6-14(19)18(13)7-11)8-21-15(20)5-10-3-4-22-9-10/h1-4,6-7,9H,5,8H2. The van der Waals surface area contributed by atoms with Crippen LogP contribution in [0.1, 0.15) is 11.3 Å². The van der Waals surface area contributed by atoms with E-state index in [9.17, 15) is 9.59 Å². The highest BCUT2D eigenvalue weighted by Crippen LogP contribution is 2.10. The summed E-state index contributed by atoms with van der Waals surface area (Å²) in [5.74, 6) is -0.337. The van der Waals surface area contributed by atoms with E-state index in [4.69, 9.17) is 4.74 Å². The third kappa shape index (κ3) is 3.42. The number of hydrogen-bond acceptors (Lipinski definition) is 5. The van der Waals surface area contributed by atoms with Gasteiger partial charge in [-0.15, -0.1) is 0 Å². The van der Waals surface area contributed by atoms with Crippen LogP contribution in [0.25, 0.3) is 5.65 Å². The van der Waals surface area contributed by atoms with Gasteiger partial charge in [-0.2, -0.15) is 11.3 Å². The van der Waals surface area contributed by atoms with E-state index in [0.717, 1.165) is 10.0 Å². The zero-order valence-electron chi connectivity index (χ0n) is 11.4. The lowest BCUT2D eigenvalue weighted by molar-refractivity contribution is -0.144. The van der Waals surface area contributed by atoms with Crippen molar-refractivity contribution in [2.45, 2.75) is 13.0 Å². The Kier molecular flexibility index (Phi) is 4.35. The number of ether oxygens (including phenoxy) is 1. The first-order chi connectivity index (χ1) is 10.6. The second-order valence-corrected chi connectivity index (χ2v) is 6.33. The SMILES string of the molecule is O=C(Cc1ccsc1)OCc1cc(=O)n2cc(Br)ccc2n1.